The van der Waals surface area contributed by atoms with Crippen LogP contribution in [0.3, 0.4) is 0 Å². The molecule has 0 atom stereocenters. The Labute approximate surface area is 127 Å². The van der Waals surface area contributed by atoms with Crippen molar-refractivity contribution in [2.75, 3.05) is 0 Å². The van der Waals surface area contributed by atoms with Gasteiger partial charge in [-0.15, -0.1) is 0 Å². The maximum absolute atomic E-state index is 10.3. The van der Waals surface area contributed by atoms with Crippen LogP contribution in [0.25, 0.3) is 0 Å². The van der Waals surface area contributed by atoms with Crippen molar-refractivity contribution in [3.8, 4) is 0 Å². The average Bonchev–Trinajstić information content (AvgIpc) is 1.82. The molecule has 8 nitrogen and oxygen atoms in total. The molecule has 0 rings (SSSR count). The molecule has 15 heavy (non-hydrogen) atoms. The molecule has 0 radical (unpaired) electrons. The van der Waals surface area contributed by atoms with Gasteiger partial charge >= 0.3 is 69.3 Å². The van der Waals surface area contributed by atoms with Gasteiger partial charge in [-0.1, -0.05) is 0 Å². The Bertz CT molecular complexity index is 234. The van der Waals surface area contributed by atoms with Crippen LogP contribution in [0.15, 0.2) is 0 Å². The monoisotopic (exact) mass is 250 g/mol. The summed E-state index contributed by atoms with van der Waals surface area (Å²) in [7, 11) is 0. The molecule has 0 aromatic carbocycles. The SMILES string of the molecule is O.O=C(O)CC(O)(CC(=O)O)C(=O)O.[KH]. The predicted molar refractivity (Wildman–Crippen MR) is 47.9 cm³/mol. The molecule has 0 saturated heterocycles. The van der Waals surface area contributed by atoms with Crippen LogP contribution >= 0.6 is 0 Å². The topological polar surface area (TPSA) is 164 Å². The third-order valence-electron chi connectivity index (χ3n) is 1.29. The van der Waals surface area contributed by atoms with Gasteiger partial charge < -0.3 is 25.9 Å². The second-order valence-electron chi connectivity index (χ2n) is 2.48. The van der Waals surface area contributed by atoms with Crippen molar-refractivity contribution < 1.29 is 40.3 Å². The number of rotatable bonds is 5. The Hall–Kier alpha value is -0.0336. The first-order valence-corrected chi connectivity index (χ1v) is 3.17. The third kappa shape index (κ3) is 7.85. The molecule has 0 aliphatic carbocycles. The molecule has 0 unspecified atom stereocenters. The molecular weight excluding hydrogens is 239 g/mol. The van der Waals surface area contributed by atoms with E-state index in [1.165, 1.54) is 0 Å². The number of aliphatic carboxylic acids is 3. The first-order chi connectivity index (χ1) is 5.78. The van der Waals surface area contributed by atoms with Gasteiger partial charge in [0.25, 0.3) is 0 Å². The summed E-state index contributed by atoms with van der Waals surface area (Å²) in [4.78, 5) is 30.5. The molecule has 0 aliphatic heterocycles. The van der Waals surface area contributed by atoms with Crippen LogP contribution in [-0.4, -0.2) is 101 Å². The molecule has 9 heteroatoms. The fourth-order valence-electron chi connectivity index (χ4n) is 0.714. The normalized spacial score (nSPS) is 9.40. The minimum absolute atomic E-state index is 0. The van der Waals surface area contributed by atoms with Gasteiger partial charge in [-0.2, -0.15) is 0 Å². The first-order valence-electron chi connectivity index (χ1n) is 3.17. The van der Waals surface area contributed by atoms with Crippen LogP contribution in [0, 0.1) is 0 Å². The van der Waals surface area contributed by atoms with E-state index in [1.807, 2.05) is 0 Å². The van der Waals surface area contributed by atoms with Gasteiger partial charge in [-0.05, 0) is 0 Å². The van der Waals surface area contributed by atoms with E-state index in [2.05, 4.69) is 0 Å². The van der Waals surface area contributed by atoms with Crippen molar-refractivity contribution in [3.05, 3.63) is 0 Å². The van der Waals surface area contributed by atoms with E-state index in [0.29, 0.717) is 0 Å². The summed E-state index contributed by atoms with van der Waals surface area (Å²) in [6.45, 7) is 0. The van der Waals surface area contributed by atoms with Gasteiger partial charge in [0.1, 0.15) is 0 Å². The molecule has 0 fully saturated rings. The van der Waals surface area contributed by atoms with Gasteiger partial charge in [-0.3, -0.25) is 9.59 Å². The summed E-state index contributed by atoms with van der Waals surface area (Å²) < 4.78 is 0. The fraction of sp³-hybridized carbons (Fsp3) is 0.500. The van der Waals surface area contributed by atoms with E-state index in [4.69, 9.17) is 20.4 Å². The van der Waals surface area contributed by atoms with Gasteiger partial charge in [0.15, 0.2) is 5.60 Å². The number of carboxylic acids is 3. The molecule has 6 N–H and O–H groups in total. The fourth-order valence-corrected chi connectivity index (χ4v) is 0.714. The Morgan fingerprint density at radius 1 is 0.933 bits per heavy atom. The zero-order chi connectivity index (χ0) is 10.6. The zero-order valence-electron chi connectivity index (χ0n) is 6.93. The van der Waals surface area contributed by atoms with E-state index in [1.54, 1.807) is 0 Å². The average molecular weight is 250 g/mol. The van der Waals surface area contributed by atoms with Crippen LogP contribution in [0.2, 0.25) is 0 Å². The molecule has 0 heterocycles. The van der Waals surface area contributed by atoms with Crippen molar-refractivity contribution in [2.45, 2.75) is 18.4 Å². The molecule has 0 amide bonds. The van der Waals surface area contributed by atoms with Crippen LogP contribution in [0.4, 0.5) is 0 Å². The molecule has 84 valence electrons. The molecule has 0 aromatic heterocycles. The van der Waals surface area contributed by atoms with Crippen molar-refractivity contribution in [1.82, 2.24) is 0 Å². The summed E-state index contributed by atoms with van der Waals surface area (Å²) in [5.74, 6) is -5.02. The minimum atomic E-state index is -2.74. The number of carboxylic acid groups (broad SMARTS) is 3. The predicted octanol–water partition coefficient (Wildman–Crippen LogP) is -2.72. The number of aliphatic hydroxyl groups is 1. The third-order valence-corrected chi connectivity index (χ3v) is 1.29. The molecule has 0 aromatic rings. The van der Waals surface area contributed by atoms with E-state index in [-0.39, 0.29) is 56.9 Å². The van der Waals surface area contributed by atoms with Gasteiger partial charge in [0, 0.05) is 0 Å². The molecular formula is C6H11KO8. The maximum atomic E-state index is 10.3. The van der Waals surface area contributed by atoms with Crippen LogP contribution in [-0.2, 0) is 14.4 Å². The molecule has 0 aliphatic rings. The standard InChI is InChI=1S/C6H8O7.K.H2O.H/c7-3(8)1-6(13,5(11)12)2-4(9)10;;;/h13H,1-2H2,(H,7,8)(H,9,10)(H,11,12);;1H2;. The number of hydrogen-bond donors (Lipinski definition) is 4. The van der Waals surface area contributed by atoms with Gasteiger partial charge in [0.05, 0.1) is 12.8 Å². The van der Waals surface area contributed by atoms with Crippen molar-refractivity contribution in [1.29, 1.82) is 0 Å². The Kier molecular flexibility index (Phi) is 11.1. The van der Waals surface area contributed by atoms with E-state index >= 15 is 0 Å². The van der Waals surface area contributed by atoms with Crippen LogP contribution in [0.1, 0.15) is 12.8 Å². The van der Waals surface area contributed by atoms with E-state index < -0.39 is 36.4 Å². The molecule has 0 spiro atoms. The Morgan fingerprint density at radius 2 is 1.20 bits per heavy atom. The van der Waals surface area contributed by atoms with Crippen molar-refractivity contribution in [2.24, 2.45) is 0 Å². The van der Waals surface area contributed by atoms with Crippen molar-refractivity contribution in [3.63, 3.8) is 0 Å². The molecule has 0 saturated carbocycles. The Morgan fingerprint density at radius 3 is 1.33 bits per heavy atom. The van der Waals surface area contributed by atoms with E-state index in [0.717, 1.165) is 0 Å². The van der Waals surface area contributed by atoms with Gasteiger partial charge in [-0.25, -0.2) is 4.79 Å². The summed E-state index contributed by atoms with van der Waals surface area (Å²) in [5.41, 5.74) is -2.74. The zero-order valence-corrected chi connectivity index (χ0v) is 6.93. The first kappa shape index (κ1) is 20.4. The molecule has 0 bridgehead atoms. The summed E-state index contributed by atoms with van der Waals surface area (Å²) in [5, 5.41) is 33.8. The van der Waals surface area contributed by atoms with Crippen LogP contribution < -0.4 is 0 Å². The summed E-state index contributed by atoms with van der Waals surface area (Å²) >= 11 is 0. The van der Waals surface area contributed by atoms with Crippen LogP contribution in [0.5, 0.6) is 0 Å². The Balaban J connectivity index is -0.000000720. The quantitative estimate of drug-likeness (QED) is 0.385. The summed E-state index contributed by atoms with van der Waals surface area (Å²) in [6.07, 6.45) is -2.29. The second-order valence-corrected chi connectivity index (χ2v) is 2.48. The van der Waals surface area contributed by atoms with Crippen molar-refractivity contribution >= 4 is 69.3 Å². The number of hydrogen-bond acceptors (Lipinski definition) is 4. The second kappa shape index (κ2) is 8.16. The number of carbonyl (C=O) groups is 3. The summed E-state index contributed by atoms with van der Waals surface area (Å²) in [6, 6.07) is 0. The van der Waals surface area contributed by atoms with Gasteiger partial charge in [0.2, 0.25) is 0 Å². The van der Waals surface area contributed by atoms with E-state index in [9.17, 15) is 14.4 Å².